The highest BCUT2D eigenvalue weighted by molar-refractivity contribution is 9.10. The number of ether oxygens (including phenoxy) is 2. The second kappa shape index (κ2) is 5.90. The van der Waals surface area contributed by atoms with Crippen LogP contribution in [-0.4, -0.2) is 24.7 Å². The maximum absolute atomic E-state index is 12.7. The number of nitrogens with zero attached hydrogens (tertiary/aromatic N) is 1. The molecule has 0 N–H and O–H groups in total. The number of methoxy groups -OCH3 is 1. The summed E-state index contributed by atoms with van der Waals surface area (Å²) in [4.78, 5) is 15.0. The Bertz CT molecular complexity index is 426. The Morgan fingerprint density at radius 3 is 2.71 bits per heavy atom. The van der Waals surface area contributed by atoms with E-state index in [-0.39, 0.29) is 18.1 Å². The fraction of sp³-hybridized carbons (Fsp3) is 0.400. The fourth-order valence-electron chi connectivity index (χ4n) is 1.17. The van der Waals surface area contributed by atoms with Crippen LogP contribution in [0.15, 0.2) is 10.5 Å². The van der Waals surface area contributed by atoms with E-state index in [0.29, 0.717) is 4.47 Å². The summed E-state index contributed by atoms with van der Waals surface area (Å²) in [5, 5.41) is 0. The highest BCUT2D eigenvalue weighted by Gasteiger charge is 2.23. The normalized spacial score (nSPS) is 10.5. The van der Waals surface area contributed by atoms with Crippen molar-refractivity contribution in [1.29, 1.82) is 0 Å². The van der Waals surface area contributed by atoms with Crippen molar-refractivity contribution in [2.75, 3.05) is 13.7 Å². The van der Waals surface area contributed by atoms with Gasteiger partial charge in [-0.3, -0.25) is 0 Å². The highest BCUT2D eigenvalue weighted by Crippen LogP contribution is 2.30. The maximum atomic E-state index is 12.7. The van der Waals surface area contributed by atoms with Gasteiger partial charge < -0.3 is 9.47 Å². The first-order chi connectivity index (χ1) is 8.01. The van der Waals surface area contributed by atoms with Crippen LogP contribution in [0.2, 0.25) is 0 Å². The van der Waals surface area contributed by atoms with Crippen molar-refractivity contribution in [3.8, 4) is 5.88 Å². The van der Waals surface area contributed by atoms with Crippen LogP contribution in [0.25, 0.3) is 0 Å². The molecule has 0 unspecified atom stereocenters. The Labute approximate surface area is 105 Å². The second-order valence-electron chi connectivity index (χ2n) is 2.93. The van der Waals surface area contributed by atoms with E-state index in [1.54, 1.807) is 6.92 Å². The van der Waals surface area contributed by atoms with Gasteiger partial charge in [0.1, 0.15) is 5.69 Å². The van der Waals surface area contributed by atoms with Gasteiger partial charge in [0.15, 0.2) is 0 Å². The SMILES string of the molecule is CCOC(=O)c1cc(Br)c(OC)nc1C(F)F. The molecule has 0 fully saturated rings. The van der Waals surface area contributed by atoms with Gasteiger partial charge in [-0.05, 0) is 28.9 Å². The van der Waals surface area contributed by atoms with Gasteiger partial charge in [0.25, 0.3) is 6.43 Å². The predicted octanol–water partition coefficient (Wildman–Crippen LogP) is 2.97. The second-order valence-corrected chi connectivity index (χ2v) is 3.79. The number of carbonyl (C=O) groups is 1. The van der Waals surface area contributed by atoms with Crippen LogP contribution in [-0.2, 0) is 4.74 Å². The van der Waals surface area contributed by atoms with Crippen LogP contribution >= 0.6 is 15.9 Å². The fourth-order valence-corrected chi connectivity index (χ4v) is 1.65. The van der Waals surface area contributed by atoms with Crippen LogP contribution in [0, 0.1) is 0 Å². The number of alkyl halides is 2. The van der Waals surface area contributed by atoms with Crippen molar-refractivity contribution in [3.05, 3.63) is 21.8 Å². The monoisotopic (exact) mass is 309 g/mol. The van der Waals surface area contributed by atoms with Gasteiger partial charge in [0, 0.05) is 0 Å². The molecule has 0 atom stereocenters. The van der Waals surface area contributed by atoms with Gasteiger partial charge in [-0.2, -0.15) is 0 Å². The topological polar surface area (TPSA) is 48.4 Å². The first kappa shape index (κ1) is 13.8. The summed E-state index contributed by atoms with van der Waals surface area (Å²) in [5.74, 6) is -0.841. The molecule has 0 aliphatic rings. The molecule has 0 bridgehead atoms. The lowest BCUT2D eigenvalue weighted by atomic mass is 10.2. The largest absolute Gasteiger partial charge is 0.480 e. The number of pyridine rings is 1. The van der Waals surface area contributed by atoms with Crippen molar-refractivity contribution in [2.45, 2.75) is 13.3 Å². The third-order valence-electron chi connectivity index (χ3n) is 1.87. The summed E-state index contributed by atoms with van der Waals surface area (Å²) in [7, 11) is 1.30. The molecule has 1 heterocycles. The molecule has 0 radical (unpaired) electrons. The number of hydrogen-bond acceptors (Lipinski definition) is 4. The highest BCUT2D eigenvalue weighted by atomic mass is 79.9. The first-order valence-corrected chi connectivity index (χ1v) is 5.50. The Morgan fingerprint density at radius 1 is 1.59 bits per heavy atom. The minimum absolute atomic E-state index is 0.00616. The molecule has 1 aromatic rings. The molecule has 0 aliphatic heterocycles. The standard InChI is InChI=1S/C10H10BrF2NO3/c1-3-17-10(15)5-4-6(11)9(16-2)14-7(5)8(12)13/h4,8H,3H2,1-2H3. The Hall–Kier alpha value is -1.24. The summed E-state index contributed by atoms with van der Waals surface area (Å²) in [6, 6.07) is 1.21. The van der Waals surface area contributed by atoms with E-state index in [2.05, 4.69) is 25.7 Å². The molecule has 1 aromatic heterocycles. The zero-order chi connectivity index (χ0) is 13.0. The van der Waals surface area contributed by atoms with Crippen molar-refractivity contribution in [1.82, 2.24) is 4.98 Å². The Morgan fingerprint density at radius 2 is 2.24 bits per heavy atom. The summed E-state index contributed by atoms with van der Waals surface area (Å²) in [5.41, 5.74) is -0.918. The molecule has 4 nitrogen and oxygen atoms in total. The molecule has 0 saturated carbocycles. The molecule has 1 rings (SSSR count). The van der Waals surface area contributed by atoms with Gasteiger partial charge in [-0.1, -0.05) is 0 Å². The molecule has 17 heavy (non-hydrogen) atoms. The zero-order valence-corrected chi connectivity index (χ0v) is 10.8. The molecule has 7 heteroatoms. The lowest BCUT2D eigenvalue weighted by molar-refractivity contribution is 0.0513. The van der Waals surface area contributed by atoms with Crippen LogP contribution in [0.5, 0.6) is 5.88 Å². The third kappa shape index (κ3) is 3.12. The molecule has 0 aliphatic carbocycles. The lowest BCUT2D eigenvalue weighted by Crippen LogP contribution is -2.11. The number of halogens is 3. The smallest absolute Gasteiger partial charge is 0.340 e. The number of rotatable bonds is 4. The summed E-state index contributed by atoms with van der Waals surface area (Å²) < 4.78 is 35.2. The van der Waals surface area contributed by atoms with E-state index in [0.717, 1.165) is 0 Å². The number of aromatic nitrogens is 1. The molecular formula is C10H10BrF2NO3. The molecule has 0 saturated heterocycles. The molecule has 94 valence electrons. The summed E-state index contributed by atoms with van der Waals surface area (Å²) >= 11 is 3.07. The van der Waals surface area contributed by atoms with Crippen LogP contribution in [0.1, 0.15) is 29.4 Å². The van der Waals surface area contributed by atoms with Gasteiger partial charge in [0.05, 0.1) is 23.8 Å². The molecule has 0 aromatic carbocycles. The van der Waals surface area contributed by atoms with Crippen LogP contribution in [0.4, 0.5) is 8.78 Å². The quantitative estimate of drug-likeness (QED) is 0.802. The van der Waals surface area contributed by atoms with Gasteiger partial charge in [-0.25, -0.2) is 18.6 Å². The maximum Gasteiger partial charge on any atom is 0.340 e. The Balaban J connectivity index is 3.27. The molecule has 0 spiro atoms. The average molecular weight is 310 g/mol. The predicted molar refractivity (Wildman–Crippen MR) is 59.4 cm³/mol. The average Bonchev–Trinajstić information content (AvgIpc) is 2.28. The van der Waals surface area contributed by atoms with E-state index in [4.69, 9.17) is 4.74 Å². The van der Waals surface area contributed by atoms with Crippen LogP contribution in [0.3, 0.4) is 0 Å². The van der Waals surface area contributed by atoms with E-state index >= 15 is 0 Å². The van der Waals surface area contributed by atoms with Crippen molar-refractivity contribution < 1.29 is 23.0 Å². The van der Waals surface area contributed by atoms with Gasteiger partial charge >= 0.3 is 5.97 Å². The minimum atomic E-state index is -2.88. The summed E-state index contributed by atoms with van der Waals surface area (Å²) in [6.07, 6.45) is -2.88. The molecular weight excluding hydrogens is 300 g/mol. The van der Waals surface area contributed by atoms with E-state index in [9.17, 15) is 13.6 Å². The van der Waals surface area contributed by atoms with Gasteiger partial charge in [0.2, 0.25) is 5.88 Å². The van der Waals surface area contributed by atoms with E-state index in [1.165, 1.54) is 13.2 Å². The Kier molecular flexibility index (Phi) is 4.80. The van der Waals surface area contributed by atoms with Crippen molar-refractivity contribution in [3.63, 3.8) is 0 Å². The van der Waals surface area contributed by atoms with E-state index in [1.807, 2.05) is 0 Å². The van der Waals surface area contributed by atoms with Gasteiger partial charge in [-0.15, -0.1) is 0 Å². The minimum Gasteiger partial charge on any atom is -0.480 e. The zero-order valence-electron chi connectivity index (χ0n) is 9.17. The number of hydrogen-bond donors (Lipinski definition) is 0. The number of carbonyl (C=O) groups excluding carboxylic acids is 1. The van der Waals surface area contributed by atoms with Crippen LogP contribution < -0.4 is 4.74 Å². The third-order valence-corrected chi connectivity index (χ3v) is 2.44. The number of esters is 1. The summed E-state index contributed by atoms with van der Waals surface area (Å²) in [6.45, 7) is 1.69. The van der Waals surface area contributed by atoms with E-state index < -0.39 is 18.1 Å². The first-order valence-electron chi connectivity index (χ1n) is 4.71. The van der Waals surface area contributed by atoms with Crippen molar-refractivity contribution in [2.24, 2.45) is 0 Å². The lowest BCUT2D eigenvalue weighted by Gasteiger charge is -2.10. The molecule has 0 amide bonds. The van der Waals surface area contributed by atoms with Crippen molar-refractivity contribution >= 4 is 21.9 Å².